The van der Waals surface area contributed by atoms with Gasteiger partial charge < -0.3 is 14.8 Å². The van der Waals surface area contributed by atoms with E-state index in [1.54, 1.807) is 7.11 Å². The third-order valence-electron chi connectivity index (χ3n) is 6.27. The lowest BCUT2D eigenvalue weighted by atomic mass is 9.99. The normalized spacial score (nSPS) is 25.3. The van der Waals surface area contributed by atoms with Crippen LogP contribution in [0.3, 0.4) is 0 Å². The molecule has 0 aliphatic carbocycles. The van der Waals surface area contributed by atoms with Crippen LogP contribution in [0.15, 0.2) is 24.3 Å². The molecule has 1 aromatic carbocycles. The van der Waals surface area contributed by atoms with Crippen LogP contribution in [-0.2, 0) is 9.53 Å². The molecule has 2 fully saturated rings. The number of likely N-dealkylation sites (tertiary alicyclic amines) is 1. The predicted molar refractivity (Wildman–Crippen MR) is 120 cm³/mol. The fourth-order valence-corrected chi connectivity index (χ4v) is 5.00. The highest BCUT2D eigenvalue weighted by Crippen LogP contribution is 2.27. The summed E-state index contributed by atoms with van der Waals surface area (Å²) >= 11 is 0. The first kappa shape index (κ1) is 23.0. The van der Waals surface area contributed by atoms with E-state index in [0.29, 0.717) is 6.54 Å². The van der Waals surface area contributed by atoms with Gasteiger partial charge in [0.05, 0.1) is 31.4 Å². The molecular formula is C24H39N3O3. The predicted octanol–water partition coefficient (Wildman–Crippen LogP) is 3.08. The van der Waals surface area contributed by atoms with E-state index < -0.39 is 0 Å². The van der Waals surface area contributed by atoms with Gasteiger partial charge in [0.2, 0.25) is 5.91 Å². The number of amides is 1. The second-order valence-electron chi connectivity index (χ2n) is 9.18. The van der Waals surface area contributed by atoms with Crippen LogP contribution in [0.25, 0.3) is 0 Å². The monoisotopic (exact) mass is 417 g/mol. The van der Waals surface area contributed by atoms with Crippen molar-refractivity contribution in [3.63, 3.8) is 0 Å². The summed E-state index contributed by atoms with van der Waals surface area (Å²) in [6.45, 7) is 12.8. The maximum Gasteiger partial charge on any atom is 0.237 e. The van der Waals surface area contributed by atoms with Crippen LogP contribution < -0.4 is 10.1 Å². The molecule has 2 aliphatic rings. The Hall–Kier alpha value is -1.63. The SMILES string of the molecule is COc1cccc(C(CNC(=O)C(C(C)C)N2CC(C)OC(C)C2)N2CCCC2)c1. The topological polar surface area (TPSA) is 54.0 Å². The molecule has 0 saturated carbocycles. The number of hydrogen-bond acceptors (Lipinski definition) is 5. The van der Waals surface area contributed by atoms with Crippen LogP contribution in [0, 0.1) is 5.92 Å². The minimum atomic E-state index is -0.136. The number of nitrogens with zero attached hydrogens (tertiary/aromatic N) is 2. The molecular weight excluding hydrogens is 378 g/mol. The van der Waals surface area contributed by atoms with Gasteiger partial charge in [0, 0.05) is 19.6 Å². The molecule has 2 heterocycles. The fraction of sp³-hybridized carbons (Fsp3) is 0.708. The second-order valence-corrected chi connectivity index (χ2v) is 9.18. The van der Waals surface area contributed by atoms with E-state index in [9.17, 15) is 4.79 Å². The number of morpholine rings is 1. The van der Waals surface area contributed by atoms with Gasteiger partial charge in [0.15, 0.2) is 0 Å². The number of carbonyl (C=O) groups excluding carboxylic acids is 1. The summed E-state index contributed by atoms with van der Waals surface area (Å²) < 4.78 is 11.3. The zero-order valence-electron chi connectivity index (χ0n) is 19.3. The van der Waals surface area contributed by atoms with Gasteiger partial charge in [-0.2, -0.15) is 0 Å². The first-order valence-electron chi connectivity index (χ1n) is 11.4. The molecule has 2 saturated heterocycles. The van der Waals surface area contributed by atoms with E-state index in [2.05, 4.69) is 54.9 Å². The molecule has 6 heteroatoms. The Kier molecular flexibility index (Phi) is 8.14. The van der Waals surface area contributed by atoms with Gasteiger partial charge in [-0.15, -0.1) is 0 Å². The summed E-state index contributed by atoms with van der Waals surface area (Å²) in [7, 11) is 1.70. The van der Waals surface area contributed by atoms with Crippen LogP contribution in [0.5, 0.6) is 5.75 Å². The van der Waals surface area contributed by atoms with Crippen molar-refractivity contribution in [3.05, 3.63) is 29.8 Å². The van der Waals surface area contributed by atoms with E-state index in [4.69, 9.17) is 9.47 Å². The van der Waals surface area contributed by atoms with Crippen molar-refractivity contribution in [2.24, 2.45) is 5.92 Å². The van der Waals surface area contributed by atoms with Crippen molar-refractivity contribution in [2.45, 2.75) is 64.8 Å². The average Bonchev–Trinajstić information content (AvgIpc) is 3.22. The minimum absolute atomic E-state index is 0.124. The molecule has 1 amide bonds. The molecule has 168 valence electrons. The van der Waals surface area contributed by atoms with Crippen LogP contribution in [0.4, 0.5) is 0 Å². The zero-order chi connectivity index (χ0) is 21.7. The maximum absolute atomic E-state index is 13.3. The molecule has 0 aromatic heterocycles. The molecule has 0 spiro atoms. The van der Waals surface area contributed by atoms with Crippen LogP contribution >= 0.6 is 0 Å². The van der Waals surface area contributed by atoms with Gasteiger partial charge in [-0.3, -0.25) is 14.6 Å². The first-order chi connectivity index (χ1) is 14.4. The van der Waals surface area contributed by atoms with Crippen molar-refractivity contribution in [1.29, 1.82) is 0 Å². The number of benzene rings is 1. The number of rotatable bonds is 8. The molecule has 0 radical (unpaired) electrons. The standard InChI is InChI=1S/C24H39N3O3/c1-17(2)23(27-15-18(3)30-19(4)16-27)24(28)25-14-22(26-11-6-7-12-26)20-9-8-10-21(13-20)29-5/h8-10,13,17-19,22-23H,6-7,11-12,14-16H2,1-5H3,(H,25,28). The minimum Gasteiger partial charge on any atom is -0.497 e. The number of methoxy groups -OCH3 is 1. The Morgan fingerprint density at radius 2 is 1.83 bits per heavy atom. The third-order valence-corrected chi connectivity index (χ3v) is 6.27. The molecule has 0 bridgehead atoms. The summed E-state index contributed by atoms with van der Waals surface area (Å²) in [4.78, 5) is 18.1. The fourth-order valence-electron chi connectivity index (χ4n) is 5.00. The molecule has 30 heavy (non-hydrogen) atoms. The summed E-state index contributed by atoms with van der Waals surface area (Å²) in [5, 5.41) is 3.30. The average molecular weight is 418 g/mol. The Morgan fingerprint density at radius 3 is 2.43 bits per heavy atom. The Balaban J connectivity index is 1.71. The van der Waals surface area contributed by atoms with Gasteiger partial charge in [0.1, 0.15) is 5.75 Å². The smallest absolute Gasteiger partial charge is 0.237 e. The first-order valence-corrected chi connectivity index (χ1v) is 11.4. The Morgan fingerprint density at radius 1 is 1.17 bits per heavy atom. The van der Waals surface area contributed by atoms with Gasteiger partial charge in [-0.05, 0) is 63.4 Å². The summed E-state index contributed by atoms with van der Waals surface area (Å²) in [6, 6.07) is 8.28. The van der Waals surface area contributed by atoms with E-state index in [0.717, 1.165) is 31.9 Å². The lowest BCUT2D eigenvalue weighted by Gasteiger charge is -2.41. The molecule has 2 aliphatic heterocycles. The van der Waals surface area contributed by atoms with E-state index in [1.807, 2.05) is 12.1 Å². The molecule has 3 rings (SSSR count). The summed E-state index contributed by atoms with van der Waals surface area (Å²) in [6.07, 6.45) is 2.73. The van der Waals surface area contributed by atoms with Crippen molar-refractivity contribution in [2.75, 3.05) is 39.8 Å². The quantitative estimate of drug-likeness (QED) is 0.705. The molecule has 1 aromatic rings. The summed E-state index contributed by atoms with van der Waals surface area (Å²) in [5.41, 5.74) is 1.20. The number of carbonyl (C=O) groups is 1. The maximum atomic E-state index is 13.3. The molecule has 1 N–H and O–H groups in total. The van der Waals surface area contributed by atoms with Crippen LogP contribution in [0.1, 0.15) is 52.1 Å². The van der Waals surface area contributed by atoms with Crippen molar-refractivity contribution in [1.82, 2.24) is 15.1 Å². The summed E-state index contributed by atoms with van der Waals surface area (Å²) in [5.74, 6) is 1.22. The Bertz CT molecular complexity index is 680. The van der Waals surface area contributed by atoms with Crippen molar-refractivity contribution < 1.29 is 14.3 Å². The lowest BCUT2D eigenvalue weighted by Crippen LogP contribution is -2.57. The van der Waals surface area contributed by atoms with Gasteiger partial charge in [-0.1, -0.05) is 26.0 Å². The van der Waals surface area contributed by atoms with Gasteiger partial charge in [-0.25, -0.2) is 0 Å². The highest BCUT2D eigenvalue weighted by Gasteiger charge is 2.34. The van der Waals surface area contributed by atoms with E-state index in [1.165, 1.54) is 18.4 Å². The number of hydrogen-bond donors (Lipinski definition) is 1. The third kappa shape index (κ3) is 5.74. The highest BCUT2D eigenvalue weighted by atomic mass is 16.5. The lowest BCUT2D eigenvalue weighted by molar-refractivity contribution is -0.135. The van der Waals surface area contributed by atoms with Gasteiger partial charge >= 0.3 is 0 Å². The van der Waals surface area contributed by atoms with E-state index >= 15 is 0 Å². The molecule has 6 nitrogen and oxygen atoms in total. The number of nitrogens with one attached hydrogen (secondary N) is 1. The Labute approximate surface area is 181 Å². The zero-order valence-corrected chi connectivity index (χ0v) is 19.3. The van der Waals surface area contributed by atoms with Crippen LogP contribution in [0.2, 0.25) is 0 Å². The van der Waals surface area contributed by atoms with Crippen molar-refractivity contribution >= 4 is 5.91 Å². The van der Waals surface area contributed by atoms with Gasteiger partial charge in [0.25, 0.3) is 0 Å². The van der Waals surface area contributed by atoms with Crippen LogP contribution in [-0.4, -0.2) is 73.8 Å². The molecule has 4 unspecified atom stereocenters. The molecule has 4 atom stereocenters. The van der Waals surface area contributed by atoms with Crippen molar-refractivity contribution in [3.8, 4) is 5.75 Å². The number of ether oxygens (including phenoxy) is 2. The largest absolute Gasteiger partial charge is 0.497 e. The highest BCUT2D eigenvalue weighted by molar-refractivity contribution is 5.82. The second kappa shape index (κ2) is 10.6. The van der Waals surface area contributed by atoms with E-state index in [-0.39, 0.29) is 36.1 Å².